The maximum Gasteiger partial charge on any atom is 0.154 e. The first-order valence-electron chi connectivity index (χ1n) is 19.1. The van der Waals surface area contributed by atoms with E-state index < -0.39 is 19.7 Å². The zero-order valence-electron chi connectivity index (χ0n) is 36.0. The van der Waals surface area contributed by atoms with Crippen molar-refractivity contribution >= 4 is 47.4 Å². The Labute approximate surface area is 368 Å². The first-order chi connectivity index (χ1) is 27.3. The molecule has 0 atom stereocenters. The van der Waals surface area contributed by atoms with Crippen LogP contribution in [-0.4, -0.2) is 34.1 Å². The van der Waals surface area contributed by atoms with Crippen LogP contribution in [0.4, 0.5) is 0 Å². The van der Waals surface area contributed by atoms with Gasteiger partial charge in [0.15, 0.2) is 19.7 Å². The van der Waals surface area contributed by atoms with Crippen molar-refractivity contribution < 1.29 is 16.8 Å². The lowest BCUT2D eigenvalue weighted by Crippen LogP contribution is -2.22. The summed E-state index contributed by atoms with van der Waals surface area (Å²) < 4.78 is 47.7. The van der Waals surface area contributed by atoms with Crippen molar-refractivity contribution in [2.45, 2.75) is 91.4 Å². The third-order valence-electron chi connectivity index (χ3n) is 7.54. The van der Waals surface area contributed by atoms with E-state index in [4.69, 9.17) is 21.5 Å². The third kappa shape index (κ3) is 26.0. The van der Waals surface area contributed by atoms with Gasteiger partial charge in [0.2, 0.25) is 0 Å². The number of hydrogen-bond donors (Lipinski definition) is 1. The van der Waals surface area contributed by atoms with Gasteiger partial charge in [0.1, 0.15) is 0 Å². The number of thioether (sulfide) groups is 1. The fourth-order valence-corrected chi connectivity index (χ4v) is 11.0. The van der Waals surface area contributed by atoms with Crippen LogP contribution < -0.4 is 5.73 Å². The molecule has 0 unspecified atom stereocenters. The summed E-state index contributed by atoms with van der Waals surface area (Å²) in [5, 5.41) is 26.6. The molecule has 0 spiro atoms. The van der Waals surface area contributed by atoms with Gasteiger partial charge in [-0.1, -0.05) is 139 Å². The largest absolute Gasteiger partial charge is 0.326 e. The fraction of sp³-hybridized carbons (Fsp3) is 0.426. The van der Waals surface area contributed by atoms with E-state index >= 15 is 0 Å². The quantitative estimate of drug-likeness (QED) is 0.144. The van der Waals surface area contributed by atoms with Crippen LogP contribution in [0.25, 0.3) is 0 Å². The summed E-state index contributed by atoms with van der Waals surface area (Å²) >= 11 is 5.26. The van der Waals surface area contributed by atoms with Crippen molar-refractivity contribution in [3.8, 4) is 18.2 Å². The highest BCUT2D eigenvalue weighted by molar-refractivity contribution is 9.08. The van der Waals surface area contributed by atoms with Gasteiger partial charge in [-0.25, -0.2) is 16.8 Å². The fourth-order valence-electron chi connectivity index (χ4n) is 5.20. The van der Waals surface area contributed by atoms with Crippen LogP contribution in [0.2, 0.25) is 0 Å². The molecule has 0 saturated carbocycles. The molecule has 0 aliphatic carbocycles. The second kappa shape index (κ2) is 25.0. The van der Waals surface area contributed by atoms with Gasteiger partial charge >= 0.3 is 0 Å². The molecule has 0 fully saturated rings. The average Bonchev–Trinajstić information content (AvgIpc) is 3.14. The SMILES string of the molecule is CC(C)(C)CS(=O)(=O)Cc1ccc(C#N)cc1.CC(C)(C)CS(=O)(=O)Cc1ccc(CN)cc1.CC(C)(C)CSCc1ccc(C#N)cc1.N#Cc1ccc(CBr)cc1. The van der Waals surface area contributed by atoms with E-state index in [9.17, 15) is 16.8 Å². The van der Waals surface area contributed by atoms with Crippen molar-refractivity contribution in [3.05, 3.63) is 142 Å². The minimum atomic E-state index is -3.09. The molecule has 4 rings (SSSR count). The molecule has 0 amide bonds. The summed E-state index contributed by atoms with van der Waals surface area (Å²) in [6.07, 6.45) is 0. The lowest BCUT2D eigenvalue weighted by Gasteiger charge is -2.18. The van der Waals surface area contributed by atoms with Crippen LogP contribution in [0, 0.1) is 50.2 Å². The standard InChI is InChI=1S/C13H21NO2S.C13H17NO2S.C13H17NS.C8H6BrN/c2*1-13(2,3)10-17(15,16)9-12-6-4-11(8-14)5-7-12;1-13(2,3)10-15-9-12-6-4-11(8-14)5-7-12;9-5-7-1-3-8(6-10)4-2-7/h4-7H,8-10,14H2,1-3H3;4-7H,9-10H2,1-3H3;4-7H,9-10H2,1-3H3;1-4H,5H2. The highest BCUT2D eigenvalue weighted by Crippen LogP contribution is 2.24. The second-order valence-electron chi connectivity index (χ2n) is 17.8. The monoisotopic (exact) mass is 920 g/mol. The molecule has 318 valence electrons. The smallest absolute Gasteiger partial charge is 0.154 e. The molecule has 4 aromatic rings. The molecule has 59 heavy (non-hydrogen) atoms. The van der Waals surface area contributed by atoms with Gasteiger partial charge in [-0.3, -0.25) is 0 Å². The Balaban J connectivity index is 0.000000400. The van der Waals surface area contributed by atoms with Crippen molar-refractivity contribution in [2.24, 2.45) is 22.0 Å². The van der Waals surface area contributed by atoms with Crippen molar-refractivity contribution in [1.82, 2.24) is 0 Å². The number of nitrogens with zero attached hydrogens (tertiary/aromatic N) is 3. The van der Waals surface area contributed by atoms with E-state index in [1.807, 2.05) is 132 Å². The van der Waals surface area contributed by atoms with Gasteiger partial charge in [-0.2, -0.15) is 27.5 Å². The average molecular weight is 922 g/mol. The van der Waals surface area contributed by atoms with Crippen LogP contribution in [0.3, 0.4) is 0 Å². The molecule has 0 aliphatic heterocycles. The minimum Gasteiger partial charge on any atom is -0.326 e. The molecule has 0 aliphatic rings. The molecule has 0 saturated heterocycles. The third-order valence-corrected chi connectivity index (χ3v) is 14.0. The normalized spacial score (nSPS) is 11.5. The Morgan fingerprint density at radius 1 is 0.508 bits per heavy atom. The maximum atomic E-state index is 11.9. The van der Waals surface area contributed by atoms with Crippen molar-refractivity contribution in [1.29, 1.82) is 15.8 Å². The van der Waals surface area contributed by atoms with E-state index in [1.54, 1.807) is 24.3 Å². The minimum absolute atomic E-state index is 0.0377. The first-order valence-corrected chi connectivity index (χ1v) is 25.0. The predicted molar refractivity (Wildman–Crippen MR) is 250 cm³/mol. The number of halogens is 1. The van der Waals surface area contributed by atoms with Crippen LogP contribution in [-0.2, 0) is 48.8 Å². The van der Waals surface area contributed by atoms with Gasteiger partial charge in [0, 0.05) is 17.6 Å². The van der Waals surface area contributed by atoms with Crippen molar-refractivity contribution in [2.75, 3.05) is 17.3 Å². The number of nitrogens with two attached hydrogens (primary N) is 1. The lowest BCUT2D eigenvalue weighted by atomic mass is 10.0. The molecule has 4 aromatic carbocycles. The summed E-state index contributed by atoms with van der Waals surface area (Å²) in [5.41, 5.74) is 12.5. The van der Waals surface area contributed by atoms with Gasteiger partial charge in [-0.05, 0) is 86.2 Å². The summed E-state index contributed by atoms with van der Waals surface area (Å²) in [4.78, 5) is 0. The molecular weight excluding hydrogens is 861 g/mol. The van der Waals surface area contributed by atoms with Crippen LogP contribution in [0.15, 0.2) is 97.1 Å². The maximum absolute atomic E-state index is 11.9. The van der Waals surface area contributed by atoms with E-state index in [0.717, 1.165) is 39.1 Å². The first kappa shape index (κ1) is 53.1. The lowest BCUT2D eigenvalue weighted by molar-refractivity contribution is 0.460. The highest BCUT2D eigenvalue weighted by atomic mass is 79.9. The molecule has 0 bridgehead atoms. The van der Waals surface area contributed by atoms with E-state index in [1.165, 1.54) is 11.1 Å². The summed E-state index contributed by atoms with van der Waals surface area (Å²) in [7, 11) is -6.14. The predicted octanol–water partition coefficient (Wildman–Crippen LogP) is 10.9. The molecule has 12 heteroatoms. The molecule has 0 heterocycles. The zero-order chi connectivity index (χ0) is 44.9. The number of sulfone groups is 2. The Hall–Kier alpha value is -3.96. The second-order valence-corrected chi connectivity index (χ2v) is 23.5. The molecule has 0 radical (unpaired) electrons. The zero-order valence-corrected chi connectivity index (χ0v) is 40.1. The Morgan fingerprint density at radius 3 is 1.10 bits per heavy atom. The number of nitriles is 3. The van der Waals surface area contributed by atoms with E-state index in [2.05, 4.69) is 48.8 Å². The molecule has 2 N–H and O–H groups in total. The van der Waals surface area contributed by atoms with E-state index in [-0.39, 0.29) is 33.8 Å². The Bertz CT molecular complexity index is 2200. The number of benzene rings is 4. The summed E-state index contributed by atoms with van der Waals surface area (Å²) in [6.45, 7) is 18.7. The topological polar surface area (TPSA) is 166 Å². The van der Waals surface area contributed by atoms with Crippen LogP contribution in [0.1, 0.15) is 107 Å². The molecule has 8 nitrogen and oxygen atoms in total. The molecule has 0 aromatic heterocycles. The number of hydrogen-bond acceptors (Lipinski definition) is 9. The highest BCUT2D eigenvalue weighted by Gasteiger charge is 2.23. The van der Waals surface area contributed by atoms with E-state index in [0.29, 0.717) is 23.1 Å². The van der Waals surface area contributed by atoms with Gasteiger partial charge in [-0.15, -0.1) is 0 Å². The summed E-state index contributed by atoms with van der Waals surface area (Å²) in [5.74, 6) is 2.71. The Kier molecular flexibility index (Phi) is 22.4. The van der Waals surface area contributed by atoms with Crippen LogP contribution in [0.5, 0.6) is 0 Å². The van der Waals surface area contributed by atoms with Crippen molar-refractivity contribution in [3.63, 3.8) is 0 Å². The summed E-state index contributed by atoms with van der Waals surface area (Å²) in [6, 6.07) is 35.6. The van der Waals surface area contributed by atoms with Gasteiger partial charge < -0.3 is 5.73 Å². The van der Waals surface area contributed by atoms with Crippen LogP contribution >= 0.6 is 27.7 Å². The van der Waals surface area contributed by atoms with Gasteiger partial charge in [0.25, 0.3) is 0 Å². The van der Waals surface area contributed by atoms with Gasteiger partial charge in [0.05, 0.1) is 57.9 Å². The molecular formula is C47H61BrN4O4S3. The number of rotatable bonds is 11. The Morgan fingerprint density at radius 2 is 0.814 bits per heavy atom. The number of alkyl halides is 1.